The first-order valence-electron chi connectivity index (χ1n) is 8.18. The second-order valence-corrected chi connectivity index (χ2v) is 7.25. The molecule has 2 heterocycles. The van der Waals surface area contributed by atoms with E-state index in [0.29, 0.717) is 5.41 Å². The zero-order valence-electron chi connectivity index (χ0n) is 14.2. The normalized spacial score (nSPS) is 19.9. The smallest absolute Gasteiger partial charge is 0.233 e. The van der Waals surface area contributed by atoms with Crippen LogP contribution in [0.25, 0.3) is 0 Å². The summed E-state index contributed by atoms with van der Waals surface area (Å²) in [4.78, 5) is 5.01. The molecule has 1 atom stereocenters. The standard InChI is InChI=1S/C16H30N4O/c1-6-14-17-18-15(21-14)13(2)20-11-9-19(10-12-20)8-7-16(3,4)5/h13H,6-12H2,1-5H3/t13-/m1/s1. The third-order valence-corrected chi connectivity index (χ3v) is 4.27. The summed E-state index contributed by atoms with van der Waals surface area (Å²) in [6.45, 7) is 16.8. The largest absolute Gasteiger partial charge is 0.424 e. The molecule has 120 valence electrons. The molecular weight excluding hydrogens is 264 g/mol. The van der Waals surface area contributed by atoms with Gasteiger partial charge in [-0.1, -0.05) is 27.7 Å². The summed E-state index contributed by atoms with van der Waals surface area (Å²) in [7, 11) is 0. The molecule has 21 heavy (non-hydrogen) atoms. The Balaban J connectivity index is 1.80. The van der Waals surface area contributed by atoms with Crippen LogP contribution in [-0.4, -0.2) is 52.7 Å². The Morgan fingerprint density at radius 1 is 1.14 bits per heavy atom. The molecule has 5 heteroatoms. The first kappa shape index (κ1) is 16.4. The average Bonchev–Trinajstić information content (AvgIpc) is 2.93. The van der Waals surface area contributed by atoms with Gasteiger partial charge in [0.2, 0.25) is 11.8 Å². The zero-order chi connectivity index (χ0) is 15.5. The minimum absolute atomic E-state index is 0.225. The van der Waals surface area contributed by atoms with E-state index in [2.05, 4.69) is 47.7 Å². The lowest BCUT2D eigenvalue weighted by atomic mass is 9.92. The first-order chi connectivity index (χ1) is 9.89. The number of aromatic nitrogens is 2. The van der Waals surface area contributed by atoms with Crippen molar-refractivity contribution in [3.8, 4) is 0 Å². The molecule has 0 radical (unpaired) electrons. The van der Waals surface area contributed by atoms with Crippen LogP contribution in [0.2, 0.25) is 0 Å². The van der Waals surface area contributed by atoms with Gasteiger partial charge in [-0.3, -0.25) is 4.90 Å². The van der Waals surface area contributed by atoms with Gasteiger partial charge in [-0.2, -0.15) is 0 Å². The average molecular weight is 294 g/mol. The van der Waals surface area contributed by atoms with Gasteiger partial charge in [0, 0.05) is 32.6 Å². The van der Waals surface area contributed by atoms with E-state index in [9.17, 15) is 0 Å². The van der Waals surface area contributed by atoms with Crippen LogP contribution in [0, 0.1) is 5.41 Å². The Bertz CT molecular complexity index is 430. The lowest BCUT2D eigenvalue weighted by molar-refractivity contribution is 0.0843. The fourth-order valence-corrected chi connectivity index (χ4v) is 2.60. The number of rotatable bonds is 5. The van der Waals surface area contributed by atoms with Crippen LogP contribution in [0.5, 0.6) is 0 Å². The maximum absolute atomic E-state index is 5.69. The van der Waals surface area contributed by atoms with Crippen LogP contribution in [0.4, 0.5) is 0 Å². The van der Waals surface area contributed by atoms with Gasteiger partial charge in [-0.05, 0) is 25.3 Å². The molecule has 1 saturated heterocycles. The fraction of sp³-hybridized carbons (Fsp3) is 0.875. The maximum atomic E-state index is 5.69. The SMILES string of the molecule is CCc1nnc([C@@H](C)N2CCN(CCC(C)(C)C)CC2)o1. The fourth-order valence-electron chi connectivity index (χ4n) is 2.60. The minimum Gasteiger partial charge on any atom is -0.424 e. The molecule has 0 aliphatic carbocycles. The van der Waals surface area contributed by atoms with Crippen molar-refractivity contribution in [1.29, 1.82) is 0 Å². The number of hydrogen-bond acceptors (Lipinski definition) is 5. The highest BCUT2D eigenvalue weighted by Gasteiger charge is 2.25. The lowest BCUT2D eigenvalue weighted by Gasteiger charge is -2.37. The molecule has 0 bridgehead atoms. The predicted octanol–water partition coefficient (Wildman–Crippen LogP) is 2.75. The van der Waals surface area contributed by atoms with E-state index in [1.54, 1.807) is 0 Å². The molecule has 0 N–H and O–H groups in total. The second-order valence-electron chi connectivity index (χ2n) is 7.25. The van der Waals surface area contributed by atoms with Gasteiger partial charge in [-0.15, -0.1) is 10.2 Å². The van der Waals surface area contributed by atoms with Crippen LogP contribution >= 0.6 is 0 Å². The van der Waals surface area contributed by atoms with Crippen molar-refractivity contribution < 1.29 is 4.42 Å². The van der Waals surface area contributed by atoms with Crippen LogP contribution in [0.15, 0.2) is 4.42 Å². The molecule has 0 saturated carbocycles. The summed E-state index contributed by atoms with van der Waals surface area (Å²) in [5.41, 5.74) is 0.421. The van der Waals surface area contributed by atoms with Crippen molar-refractivity contribution in [3.63, 3.8) is 0 Å². The van der Waals surface area contributed by atoms with E-state index in [0.717, 1.165) is 44.4 Å². The number of aryl methyl sites for hydroxylation is 1. The summed E-state index contributed by atoms with van der Waals surface area (Å²) >= 11 is 0. The van der Waals surface area contributed by atoms with Crippen molar-refractivity contribution in [1.82, 2.24) is 20.0 Å². The molecule has 0 aromatic carbocycles. The van der Waals surface area contributed by atoms with Gasteiger partial charge in [0.25, 0.3) is 0 Å². The molecule has 1 aromatic rings. The third kappa shape index (κ3) is 4.78. The molecule has 0 unspecified atom stereocenters. The van der Waals surface area contributed by atoms with Crippen molar-refractivity contribution in [2.45, 2.75) is 53.5 Å². The topological polar surface area (TPSA) is 45.4 Å². The summed E-state index contributed by atoms with van der Waals surface area (Å²) in [6, 6.07) is 0.225. The molecule has 1 fully saturated rings. The highest BCUT2D eigenvalue weighted by atomic mass is 16.4. The van der Waals surface area contributed by atoms with Gasteiger partial charge in [-0.25, -0.2) is 0 Å². The molecule has 0 spiro atoms. The Morgan fingerprint density at radius 2 is 1.81 bits per heavy atom. The van der Waals surface area contributed by atoms with Crippen molar-refractivity contribution >= 4 is 0 Å². The molecule has 1 aliphatic rings. The first-order valence-corrected chi connectivity index (χ1v) is 8.18. The van der Waals surface area contributed by atoms with Crippen LogP contribution in [-0.2, 0) is 6.42 Å². The van der Waals surface area contributed by atoms with Crippen LogP contribution in [0.3, 0.4) is 0 Å². The molecule has 5 nitrogen and oxygen atoms in total. The van der Waals surface area contributed by atoms with E-state index in [1.165, 1.54) is 13.0 Å². The molecule has 0 amide bonds. The third-order valence-electron chi connectivity index (χ3n) is 4.27. The molecule has 2 rings (SSSR count). The predicted molar refractivity (Wildman–Crippen MR) is 84.2 cm³/mol. The van der Waals surface area contributed by atoms with Crippen molar-refractivity contribution in [2.24, 2.45) is 5.41 Å². The highest BCUT2D eigenvalue weighted by Crippen LogP contribution is 2.22. The lowest BCUT2D eigenvalue weighted by Crippen LogP contribution is -2.47. The Kier molecular flexibility index (Phi) is 5.38. The molecule has 1 aromatic heterocycles. The monoisotopic (exact) mass is 294 g/mol. The quantitative estimate of drug-likeness (QED) is 0.835. The Labute approximate surface area is 128 Å². The minimum atomic E-state index is 0.225. The van der Waals surface area contributed by atoms with Gasteiger partial charge < -0.3 is 9.32 Å². The zero-order valence-corrected chi connectivity index (χ0v) is 14.2. The summed E-state index contributed by atoms with van der Waals surface area (Å²) in [5, 5.41) is 8.25. The van der Waals surface area contributed by atoms with E-state index in [1.807, 2.05) is 6.92 Å². The van der Waals surface area contributed by atoms with Gasteiger partial charge in [0.1, 0.15) is 0 Å². The Morgan fingerprint density at radius 3 is 2.33 bits per heavy atom. The molecule has 1 aliphatic heterocycles. The van der Waals surface area contributed by atoms with Crippen molar-refractivity contribution in [2.75, 3.05) is 32.7 Å². The van der Waals surface area contributed by atoms with Crippen molar-refractivity contribution in [3.05, 3.63) is 11.8 Å². The second kappa shape index (κ2) is 6.88. The highest BCUT2D eigenvalue weighted by molar-refractivity contribution is 4.91. The number of nitrogens with zero attached hydrogens (tertiary/aromatic N) is 4. The van der Waals surface area contributed by atoms with Gasteiger partial charge in [0.15, 0.2) is 0 Å². The summed E-state index contributed by atoms with van der Waals surface area (Å²) in [5.74, 6) is 1.50. The summed E-state index contributed by atoms with van der Waals surface area (Å²) < 4.78 is 5.69. The van der Waals surface area contributed by atoms with Crippen LogP contribution < -0.4 is 0 Å². The molecular formula is C16H30N4O. The van der Waals surface area contributed by atoms with E-state index in [-0.39, 0.29) is 6.04 Å². The van der Waals surface area contributed by atoms with E-state index < -0.39 is 0 Å². The van der Waals surface area contributed by atoms with E-state index in [4.69, 9.17) is 4.42 Å². The maximum Gasteiger partial charge on any atom is 0.233 e. The van der Waals surface area contributed by atoms with E-state index >= 15 is 0 Å². The van der Waals surface area contributed by atoms with Crippen LogP contribution in [0.1, 0.15) is 58.9 Å². The number of piperazine rings is 1. The Hall–Kier alpha value is -0.940. The summed E-state index contributed by atoms with van der Waals surface area (Å²) in [6.07, 6.45) is 2.06. The van der Waals surface area contributed by atoms with Gasteiger partial charge in [0.05, 0.1) is 6.04 Å². The van der Waals surface area contributed by atoms with Gasteiger partial charge >= 0.3 is 0 Å². The number of hydrogen-bond donors (Lipinski definition) is 0.